The van der Waals surface area contributed by atoms with Crippen molar-refractivity contribution < 1.29 is 9.50 Å². The Kier molecular flexibility index (Phi) is 2.94. The third kappa shape index (κ3) is 1.82. The van der Waals surface area contributed by atoms with Gasteiger partial charge in [0.15, 0.2) is 0 Å². The molecule has 0 bridgehead atoms. The van der Waals surface area contributed by atoms with Gasteiger partial charge < -0.3 is 5.11 Å². The van der Waals surface area contributed by atoms with Crippen molar-refractivity contribution in [2.45, 2.75) is 26.5 Å². The second-order valence-electron chi connectivity index (χ2n) is 3.81. The Bertz CT molecular complexity index is 538. The van der Waals surface area contributed by atoms with Crippen LogP contribution in [0.5, 0.6) is 0 Å². The molecule has 0 radical (unpaired) electrons. The van der Waals surface area contributed by atoms with E-state index in [1.807, 2.05) is 0 Å². The zero-order valence-corrected chi connectivity index (χ0v) is 10.5. The van der Waals surface area contributed by atoms with Crippen molar-refractivity contribution in [3.05, 3.63) is 21.9 Å². The van der Waals surface area contributed by atoms with E-state index in [-0.39, 0.29) is 12.4 Å². The van der Waals surface area contributed by atoms with Crippen molar-refractivity contribution >= 4 is 27.0 Å². The summed E-state index contributed by atoms with van der Waals surface area (Å²) in [6, 6.07) is 1.64. The zero-order chi connectivity index (χ0) is 11.9. The van der Waals surface area contributed by atoms with E-state index in [0.29, 0.717) is 21.1 Å². The van der Waals surface area contributed by atoms with Gasteiger partial charge in [-0.2, -0.15) is 0 Å². The van der Waals surface area contributed by atoms with Gasteiger partial charge in [-0.25, -0.2) is 9.07 Å². The fourth-order valence-electron chi connectivity index (χ4n) is 1.57. The molecule has 0 aliphatic heterocycles. The quantitative estimate of drug-likeness (QED) is 0.919. The number of fused-ring (bicyclic) bond motifs is 1. The van der Waals surface area contributed by atoms with Crippen LogP contribution in [0.15, 0.2) is 10.5 Å². The van der Waals surface area contributed by atoms with Gasteiger partial charge in [-0.05, 0) is 41.4 Å². The maximum atomic E-state index is 13.7. The Morgan fingerprint density at radius 1 is 1.62 bits per heavy atom. The van der Waals surface area contributed by atoms with Gasteiger partial charge in [0.2, 0.25) is 0 Å². The van der Waals surface area contributed by atoms with E-state index in [1.54, 1.807) is 19.9 Å². The molecular weight excluding hydrogens is 277 g/mol. The predicted octanol–water partition coefficient (Wildman–Crippen LogP) is 2.02. The number of nitrogens with zero attached hydrogens (tertiary/aromatic N) is 3. The minimum absolute atomic E-state index is 0.289. The number of aliphatic hydroxyl groups is 1. The molecule has 0 saturated carbocycles. The lowest BCUT2D eigenvalue weighted by molar-refractivity contribution is 0.169. The second kappa shape index (κ2) is 4.10. The molecule has 2 rings (SSSR count). The van der Waals surface area contributed by atoms with E-state index in [0.717, 1.165) is 0 Å². The predicted molar refractivity (Wildman–Crippen MR) is 61.6 cm³/mol. The Morgan fingerprint density at radius 2 is 2.31 bits per heavy atom. The minimum atomic E-state index is -0.554. The number of hydrogen-bond donors (Lipinski definition) is 1. The van der Waals surface area contributed by atoms with Crippen LogP contribution >= 0.6 is 15.9 Å². The Hall–Kier alpha value is -1.01. The number of halogens is 2. The summed E-state index contributed by atoms with van der Waals surface area (Å²) in [5, 5.41) is 17.1. The van der Waals surface area contributed by atoms with Crippen LogP contribution in [0, 0.1) is 12.7 Å². The first kappa shape index (κ1) is 11.5. The van der Waals surface area contributed by atoms with Crippen LogP contribution in [0.3, 0.4) is 0 Å². The molecule has 0 aliphatic carbocycles. The summed E-state index contributed by atoms with van der Waals surface area (Å²) in [5.74, 6) is -0.318. The van der Waals surface area contributed by atoms with Gasteiger partial charge in [0.1, 0.15) is 16.9 Å². The molecule has 0 saturated heterocycles. The Morgan fingerprint density at radius 3 is 2.94 bits per heavy atom. The fourth-order valence-corrected chi connectivity index (χ4v) is 2.29. The molecule has 1 N–H and O–H groups in total. The SMILES string of the molecule is Cc1cc2nnn(CC(C)O)c2c(Br)c1F. The molecule has 4 nitrogen and oxygen atoms in total. The van der Waals surface area contributed by atoms with Crippen LogP contribution in [-0.2, 0) is 6.54 Å². The number of hydrogen-bond acceptors (Lipinski definition) is 3. The van der Waals surface area contributed by atoms with Gasteiger partial charge in [0, 0.05) is 0 Å². The molecule has 0 spiro atoms. The van der Waals surface area contributed by atoms with Crippen molar-refractivity contribution in [3.63, 3.8) is 0 Å². The summed E-state index contributed by atoms with van der Waals surface area (Å²) in [4.78, 5) is 0. The van der Waals surface area contributed by atoms with Crippen LogP contribution < -0.4 is 0 Å². The summed E-state index contributed by atoms with van der Waals surface area (Å²) in [5.41, 5.74) is 1.71. The maximum Gasteiger partial charge on any atom is 0.142 e. The molecular formula is C10H11BrFN3O. The highest BCUT2D eigenvalue weighted by atomic mass is 79.9. The van der Waals surface area contributed by atoms with Crippen LogP contribution in [-0.4, -0.2) is 26.2 Å². The Balaban J connectivity index is 2.66. The standard InChI is InChI=1S/C10H11BrFN3O/c1-5-3-7-10(8(11)9(5)12)15(14-13-7)4-6(2)16/h3,6,16H,4H2,1-2H3. The number of aliphatic hydroxyl groups excluding tert-OH is 1. The average molecular weight is 288 g/mol. The lowest BCUT2D eigenvalue weighted by Gasteiger charge is -2.07. The highest BCUT2D eigenvalue weighted by Gasteiger charge is 2.15. The number of aromatic nitrogens is 3. The van der Waals surface area contributed by atoms with Gasteiger partial charge in [0.25, 0.3) is 0 Å². The maximum absolute atomic E-state index is 13.7. The average Bonchev–Trinajstić information content (AvgIpc) is 2.57. The molecule has 2 aromatic rings. The first-order valence-corrected chi connectivity index (χ1v) is 5.66. The summed E-state index contributed by atoms with van der Waals surface area (Å²) in [7, 11) is 0. The molecule has 0 fully saturated rings. The van der Waals surface area contributed by atoms with E-state index in [1.165, 1.54) is 4.68 Å². The highest BCUT2D eigenvalue weighted by molar-refractivity contribution is 9.10. The fraction of sp³-hybridized carbons (Fsp3) is 0.400. The van der Waals surface area contributed by atoms with Crippen molar-refractivity contribution in [2.75, 3.05) is 0 Å². The van der Waals surface area contributed by atoms with Crippen molar-refractivity contribution in [3.8, 4) is 0 Å². The summed E-state index contributed by atoms with van der Waals surface area (Å²) in [6.07, 6.45) is -0.554. The molecule has 1 unspecified atom stereocenters. The third-order valence-corrected chi connectivity index (χ3v) is 3.02. The van der Waals surface area contributed by atoms with Gasteiger partial charge in [-0.1, -0.05) is 5.21 Å². The Labute approximate surface area is 100 Å². The van der Waals surface area contributed by atoms with Crippen molar-refractivity contribution in [1.29, 1.82) is 0 Å². The molecule has 86 valence electrons. The van der Waals surface area contributed by atoms with E-state index in [2.05, 4.69) is 26.2 Å². The number of rotatable bonds is 2. The molecule has 1 aromatic carbocycles. The van der Waals surface area contributed by atoms with Gasteiger partial charge in [0.05, 0.1) is 17.1 Å². The van der Waals surface area contributed by atoms with Crippen molar-refractivity contribution in [1.82, 2.24) is 15.0 Å². The molecule has 1 aromatic heterocycles. The van der Waals surface area contributed by atoms with E-state index >= 15 is 0 Å². The summed E-state index contributed by atoms with van der Waals surface area (Å²) >= 11 is 3.19. The van der Waals surface area contributed by atoms with Crippen LogP contribution in [0.2, 0.25) is 0 Å². The highest BCUT2D eigenvalue weighted by Crippen LogP contribution is 2.28. The van der Waals surface area contributed by atoms with Gasteiger partial charge in [-0.3, -0.25) is 0 Å². The molecule has 0 amide bonds. The van der Waals surface area contributed by atoms with Gasteiger partial charge in [-0.15, -0.1) is 5.10 Å². The monoisotopic (exact) mass is 287 g/mol. The van der Waals surface area contributed by atoms with E-state index < -0.39 is 6.10 Å². The van der Waals surface area contributed by atoms with E-state index in [4.69, 9.17) is 0 Å². The minimum Gasteiger partial charge on any atom is -0.391 e. The second-order valence-corrected chi connectivity index (χ2v) is 4.60. The third-order valence-electron chi connectivity index (χ3n) is 2.30. The van der Waals surface area contributed by atoms with Gasteiger partial charge >= 0.3 is 0 Å². The normalized spacial score (nSPS) is 13.3. The topological polar surface area (TPSA) is 50.9 Å². The molecule has 0 aliphatic rings. The first-order valence-electron chi connectivity index (χ1n) is 4.86. The largest absolute Gasteiger partial charge is 0.391 e. The van der Waals surface area contributed by atoms with Crippen LogP contribution in [0.4, 0.5) is 4.39 Å². The number of aryl methyl sites for hydroxylation is 1. The smallest absolute Gasteiger partial charge is 0.142 e. The molecule has 6 heteroatoms. The molecule has 1 heterocycles. The first-order chi connectivity index (χ1) is 7.50. The van der Waals surface area contributed by atoms with Crippen LogP contribution in [0.25, 0.3) is 11.0 Å². The zero-order valence-electron chi connectivity index (χ0n) is 8.91. The van der Waals surface area contributed by atoms with Crippen LogP contribution in [0.1, 0.15) is 12.5 Å². The molecule has 16 heavy (non-hydrogen) atoms. The lowest BCUT2D eigenvalue weighted by Crippen LogP contribution is -2.13. The lowest BCUT2D eigenvalue weighted by atomic mass is 10.2. The summed E-state index contributed by atoms with van der Waals surface area (Å²) in [6.45, 7) is 3.61. The summed E-state index contributed by atoms with van der Waals surface area (Å²) < 4.78 is 15.5. The van der Waals surface area contributed by atoms with Crippen molar-refractivity contribution in [2.24, 2.45) is 0 Å². The van der Waals surface area contributed by atoms with E-state index in [9.17, 15) is 9.50 Å². The molecule has 1 atom stereocenters. The number of benzene rings is 1.